The second-order valence-corrected chi connectivity index (χ2v) is 4.80. The zero-order valence-electron chi connectivity index (χ0n) is 11.3. The molecule has 1 aliphatic heterocycles. The smallest absolute Gasteiger partial charge is 0.313 e. The lowest BCUT2D eigenvalue weighted by Gasteiger charge is -2.28. The molecule has 1 saturated heterocycles. The van der Waals surface area contributed by atoms with Crippen molar-refractivity contribution in [3.05, 3.63) is 39.9 Å². The quantitative estimate of drug-likeness (QED) is 0.480. The monoisotopic (exact) mass is 279 g/mol. The zero-order chi connectivity index (χ0) is 14.5. The summed E-state index contributed by atoms with van der Waals surface area (Å²) in [6.07, 6.45) is 1.50. The molecule has 0 spiro atoms. The maximum absolute atomic E-state index is 12.1. The van der Waals surface area contributed by atoms with Crippen LogP contribution in [0.15, 0.2) is 24.3 Å². The highest BCUT2D eigenvalue weighted by atomic mass is 16.6. The first kappa shape index (κ1) is 14.5. The largest absolute Gasteiger partial charge is 0.469 e. The van der Waals surface area contributed by atoms with Crippen molar-refractivity contribution in [1.82, 2.24) is 0 Å². The van der Waals surface area contributed by atoms with Crippen molar-refractivity contribution in [2.24, 2.45) is 5.92 Å². The summed E-state index contributed by atoms with van der Waals surface area (Å²) < 4.78 is 10.2. The van der Waals surface area contributed by atoms with Crippen LogP contribution in [-0.4, -0.2) is 31.2 Å². The Morgan fingerprint density at radius 3 is 2.75 bits per heavy atom. The highest BCUT2D eigenvalue weighted by Crippen LogP contribution is 2.34. The molecule has 1 unspecified atom stereocenters. The van der Waals surface area contributed by atoms with E-state index in [-0.39, 0.29) is 17.6 Å². The van der Waals surface area contributed by atoms with Crippen molar-refractivity contribution in [3.63, 3.8) is 0 Å². The summed E-state index contributed by atoms with van der Waals surface area (Å²) in [5.74, 6) is -0.723. The second kappa shape index (κ2) is 6.47. The van der Waals surface area contributed by atoms with Crippen LogP contribution in [0.25, 0.3) is 0 Å². The Kier molecular flexibility index (Phi) is 4.68. The highest BCUT2D eigenvalue weighted by molar-refractivity contribution is 5.78. The van der Waals surface area contributed by atoms with Crippen LogP contribution in [0, 0.1) is 16.0 Å². The van der Waals surface area contributed by atoms with E-state index in [0.29, 0.717) is 18.8 Å². The van der Waals surface area contributed by atoms with Gasteiger partial charge in [-0.1, -0.05) is 12.1 Å². The molecule has 1 aromatic carbocycles. The number of nitro benzene ring substituents is 1. The number of methoxy groups -OCH3 is 1. The summed E-state index contributed by atoms with van der Waals surface area (Å²) in [4.78, 5) is 22.5. The summed E-state index contributed by atoms with van der Waals surface area (Å²) in [5.41, 5.74) is 0.626. The maximum atomic E-state index is 12.1. The number of non-ortho nitro benzene ring substituents is 1. The molecular formula is C14H17NO5. The van der Waals surface area contributed by atoms with E-state index in [2.05, 4.69) is 0 Å². The normalized spacial score (nSPS) is 17.4. The van der Waals surface area contributed by atoms with E-state index in [1.165, 1.54) is 19.2 Å². The number of carbonyl (C=O) groups is 1. The van der Waals surface area contributed by atoms with E-state index in [4.69, 9.17) is 9.47 Å². The second-order valence-electron chi connectivity index (χ2n) is 4.80. The molecule has 20 heavy (non-hydrogen) atoms. The minimum Gasteiger partial charge on any atom is -0.469 e. The number of nitrogens with zero attached hydrogens (tertiary/aromatic N) is 1. The van der Waals surface area contributed by atoms with Gasteiger partial charge in [0.05, 0.1) is 18.0 Å². The van der Waals surface area contributed by atoms with Crippen LogP contribution < -0.4 is 0 Å². The van der Waals surface area contributed by atoms with E-state index < -0.39 is 10.8 Å². The number of ether oxygens (including phenoxy) is 2. The lowest BCUT2D eigenvalue weighted by atomic mass is 9.81. The molecule has 6 nitrogen and oxygen atoms in total. The van der Waals surface area contributed by atoms with Crippen LogP contribution in [0.4, 0.5) is 5.69 Å². The first-order chi connectivity index (χ1) is 9.63. The molecule has 1 heterocycles. The fraction of sp³-hybridized carbons (Fsp3) is 0.500. The Bertz CT molecular complexity index is 496. The highest BCUT2D eigenvalue weighted by Gasteiger charge is 2.32. The first-order valence-corrected chi connectivity index (χ1v) is 6.53. The van der Waals surface area contributed by atoms with Crippen molar-refractivity contribution >= 4 is 11.7 Å². The Morgan fingerprint density at radius 2 is 2.15 bits per heavy atom. The number of benzene rings is 1. The first-order valence-electron chi connectivity index (χ1n) is 6.53. The molecule has 0 aliphatic carbocycles. The van der Waals surface area contributed by atoms with Gasteiger partial charge in [-0.2, -0.15) is 0 Å². The molecule has 0 N–H and O–H groups in total. The molecule has 1 atom stereocenters. The van der Waals surface area contributed by atoms with Crippen LogP contribution in [0.1, 0.15) is 24.3 Å². The SMILES string of the molecule is COC(=O)C(c1cccc([N+](=O)[O-])c1)C1CCOCC1. The summed E-state index contributed by atoms with van der Waals surface area (Å²) in [5, 5.41) is 10.9. The van der Waals surface area contributed by atoms with E-state index in [9.17, 15) is 14.9 Å². The Balaban J connectivity index is 2.32. The van der Waals surface area contributed by atoms with Crippen LogP contribution in [0.2, 0.25) is 0 Å². The summed E-state index contributed by atoms with van der Waals surface area (Å²) >= 11 is 0. The molecule has 1 aromatic rings. The van der Waals surface area contributed by atoms with E-state index in [1.807, 2.05) is 0 Å². The van der Waals surface area contributed by atoms with Crippen molar-refractivity contribution in [2.75, 3.05) is 20.3 Å². The maximum Gasteiger partial charge on any atom is 0.313 e. The predicted molar refractivity (Wildman–Crippen MR) is 71.4 cm³/mol. The number of carbonyl (C=O) groups excluding carboxylic acids is 1. The van der Waals surface area contributed by atoms with Crippen molar-refractivity contribution in [2.45, 2.75) is 18.8 Å². The number of rotatable bonds is 4. The fourth-order valence-electron chi connectivity index (χ4n) is 2.61. The van der Waals surface area contributed by atoms with Gasteiger partial charge in [0, 0.05) is 25.3 Å². The van der Waals surface area contributed by atoms with Crippen LogP contribution >= 0.6 is 0 Å². The third-order valence-corrected chi connectivity index (χ3v) is 3.63. The van der Waals surface area contributed by atoms with E-state index >= 15 is 0 Å². The molecule has 0 radical (unpaired) electrons. The van der Waals surface area contributed by atoms with Crippen molar-refractivity contribution in [3.8, 4) is 0 Å². The molecule has 0 saturated carbocycles. The van der Waals surface area contributed by atoms with Crippen LogP contribution in [0.5, 0.6) is 0 Å². The molecule has 1 fully saturated rings. The van der Waals surface area contributed by atoms with Crippen LogP contribution in [0.3, 0.4) is 0 Å². The molecule has 0 aromatic heterocycles. The van der Waals surface area contributed by atoms with Gasteiger partial charge in [0.1, 0.15) is 0 Å². The third kappa shape index (κ3) is 3.14. The average molecular weight is 279 g/mol. The van der Waals surface area contributed by atoms with Gasteiger partial charge in [0.25, 0.3) is 5.69 Å². The van der Waals surface area contributed by atoms with Gasteiger partial charge in [-0.25, -0.2) is 0 Å². The van der Waals surface area contributed by atoms with E-state index in [1.54, 1.807) is 12.1 Å². The fourth-order valence-corrected chi connectivity index (χ4v) is 2.61. The number of nitro groups is 1. The van der Waals surface area contributed by atoms with Crippen molar-refractivity contribution in [1.29, 1.82) is 0 Å². The lowest BCUT2D eigenvalue weighted by Crippen LogP contribution is -2.28. The zero-order valence-corrected chi connectivity index (χ0v) is 11.3. The Labute approximate surface area is 116 Å². The molecule has 0 bridgehead atoms. The summed E-state index contributed by atoms with van der Waals surface area (Å²) in [6, 6.07) is 6.21. The Morgan fingerprint density at radius 1 is 1.45 bits per heavy atom. The molecule has 2 rings (SSSR count). The van der Waals surface area contributed by atoms with Gasteiger partial charge in [-0.05, 0) is 24.3 Å². The molecule has 0 amide bonds. The molecule has 6 heteroatoms. The topological polar surface area (TPSA) is 78.7 Å². The van der Waals surface area contributed by atoms with Crippen LogP contribution in [-0.2, 0) is 14.3 Å². The van der Waals surface area contributed by atoms with Crippen molar-refractivity contribution < 1.29 is 19.2 Å². The number of esters is 1. The predicted octanol–water partition coefficient (Wildman–Crippen LogP) is 2.28. The molecule has 108 valence electrons. The molecule has 1 aliphatic rings. The standard InChI is InChI=1S/C14H17NO5/c1-19-14(16)13(10-5-7-20-8-6-10)11-3-2-4-12(9-11)15(17)18/h2-4,9-10,13H,5-8H2,1H3. The lowest BCUT2D eigenvalue weighted by molar-refractivity contribution is -0.384. The van der Waals surface area contributed by atoms with Gasteiger partial charge in [0.15, 0.2) is 0 Å². The third-order valence-electron chi connectivity index (χ3n) is 3.63. The summed E-state index contributed by atoms with van der Waals surface area (Å²) in [7, 11) is 1.34. The minimum atomic E-state index is -0.469. The minimum absolute atomic E-state index is 0.0107. The van der Waals surface area contributed by atoms with Gasteiger partial charge in [-0.15, -0.1) is 0 Å². The Hall–Kier alpha value is -1.95. The van der Waals surface area contributed by atoms with E-state index in [0.717, 1.165) is 12.8 Å². The number of hydrogen-bond donors (Lipinski definition) is 0. The number of hydrogen-bond acceptors (Lipinski definition) is 5. The van der Waals surface area contributed by atoms with Gasteiger partial charge >= 0.3 is 5.97 Å². The molecular weight excluding hydrogens is 262 g/mol. The summed E-state index contributed by atoms with van der Waals surface area (Å²) in [6.45, 7) is 1.21. The van der Waals surface area contributed by atoms with Gasteiger partial charge in [-0.3, -0.25) is 14.9 Å². The van der Waals surface area contributed by atoms with Gasteiger partial charge < -0.3 is 9.47 Å². The van der Waals surface area contributed by atoms with Gasteiger partial charge in [0.2, 0.25) is 0 Å². The average Bonchev–Trinajstić information content (AvgIpc) is 2.48.